The van der Waals surface area contributed by atoms with Crippen LogP contribution in [0.3, 0.4) is 0 Å². The molecule has 0 aliphatic heterocycles. The summed E-state index contributed by atoms with van der Waals surface area (Å²) >= 11 is 0. The Hall–Kier alpha value is -2.33. The molecule has 3 aromatic rings. The van der Waals surface area contributed by atoms with Gasteiger partial charge in [0.15, 0.2) is 5.58 Å². The highest BCUT2D eigenvalue weighted by molar-refractivity contribution is 5.73. The topological polar surface area (TPSA) is 55.4 Å². The number of hydrogen-bond acceptors (Lipinski definition) is 3. The molecule has 19 heavy (non-hydrogen) atoms. The number of fused-ring (bicyclic) bond motifs is 1. The highest BCUT2D eigenvalue weighted by atomic mass is 16.4. The summed E-state index contributed by atoms with van der Waals surface area (Å²) in [5.41, 5.74) is 3.04. The molecule has 96 valence electrons. The van der Waals surface area contributed by atoms with Gasteiger partial charge in [-0.1, -0.05) is 36.4 Å². The molecule has 0 aliphatic carbocycles. The molecule has 1 heterocycles. The third-order valence-electron chi connectivity index (χ3n) is 3.10. The van der Waals surface area contributed by atoms with Crippen LogP contribution in [0.15, 0.2) is 57.7 Å². The molecule has 4 heteroatoms. The summed E-state index contributed by atoms with van der Waals surface area (Å²) in [6.07, 6.45) is 0. The molecule has 0 unspecified atom stereocenters. The van der Waals surface area contributed by atoms with E-state index in [2.05, 4.69) is 0 Å². The van der Waals surface area contributed by atoms with E-state index in [1.54, 1.807) is 22.8 Å². The van der Waals surface area contributed by atoms with Crippen LogP contribution in [0.1, 0.15) is 11.1 Å². The molecule has 0 spiro atoms. The maximum atomic E-state index is 11.9. The predicted octanol–water partition coefficient (Wildman–Crippen LogP) is 2.14. The van der Waals surface area contributed by atoms with E-state index in [1.807, 2.05) is 30.3 Å². The normalized spacial score (nSPS) is 11.0. The first-order chi connectivity index (χ1) is 9.28. The van der Waals surface area contributed by atoms with Gasteiger partial charge in [0.25, 0.3) is 0 Å². The minimum absolute atomic E-state index is 0.0549. The zero-order valence-electron chi connectivity index (χ0n) is 10.2. The number of oxazole rings is 1. The Morgan fingerprint density at radius 1 is 1.05 bits per heavy atom. The zero-order valence-corrected chi connectivity index (χ0v) is 10.2. The lowest BCUT2D eigenvalue weighted by Crippen LogP contribution is -2.14. The molecule has 0 atom stereocenters. The largest absolute Gasteiger partial charge is 0.420 e. The number of benzene rings is 2. The second-order valence-electron chi connectivity index (χ2n) is 4.40. The van der Waals surface area contributed by atoms with Crippen molar-refractivity contribution in [1.29, 1.82) is 0 Å². The molecule has 0 saturated carbocycles. The van der Waals surface area contributed by atoms with Gasteiger partial charge in [-0.3, -0.25) is 4.57 Å². The van der Waals surface area contributed by atoms with Crippen molar-refractivity contribution in [2.24, 2.45) is 0 Å². The van der Waals surface area contributed by atoms with Crippen LogP contribution < -0.4 is 5.76 Å². The molecule has 3 rings (SSSR count). The third kappa shape index (κ3) is 2.18. The number of nitrogens with zero attached hydrogens (tertiary/aromatic N) is 1. The van der Waals surface area contributed by atoms with Crippen molar-refractivity contribution in [1.82, 2.24) is 4.57 Å². The van der Waals surface area contributed by atoms with Gasteiger partial charge in [0.1, 0.15) is 0 Å². The van der Waals surface area contributed by atoms with Crippen molar-refractivity contribution in [3.63, 3.8) is 0 Å². The number of rotatable bonds is 3. The second-order valence-corrected chi connectivity index (χ2v) is 4.40. The summed E-state index contributed by atoms with van der Waals surface area (Å²) in [7, 11) is 0. The van der Waals surface area contributed by atoms with Crippen LogP contribution in [-0.4, -0.2) is 9.67 Å². The first kappa shape index (κ1) is 11.7. The molecule has 2 aromatic carbocycles. The van der Waals surface area contributed by atoms with Gasteiger partial charge in [-0.15, -0.1) is 0 Å². The number of aliphatic hydroxyl groups excluding tert-OH is 1. The van der Waals surface area contributed by atoms with Crippen molar-refractivity contribution in [2.45, 2.75) is 13.2 Å². The maximum Gasteiger partial charge on any atom is 0.420 e. The maximum absolute atomic E-state index is 11.9. The first-order valence-corrected chi connectivity index (χ1v) is 6.05. The van der Waals surface area contributed by atoms with Crippen LogP contribution in [0, 0.1) is 0 Å². The number of aliphatic hydroxyl groups is 1. The van der Waals surface area contributed by atoms with Gasteiger partial charge in [-0.2, -0.15) is 0 Å². The van der Waals surface area contributed by atoms with E-state index < -0.39 is 0 Å². The average Bonchev–Trinajstić information content (AvgIpc) is 2.76. The summed E-state index contributed by atoms with van der Waals surface area (Å²) in [4.78, 5) is 11.9. The van der Waals surface area contributed by atoms with Gasteiger partial charge in [0, 0.05) is 0 Å². The lowest BCUT2D eigenvalue weighted by atomic mass is 10.2. The average molecular weight is 255 g/mol. The fourth-order valence-electron chi connectivity index (χ4n) is 2.12. The number of aromatic nitrogens is 1. The highest BCUT2D eigenvalue weighted by Gasteiger charge is 2.10. The van der Waals surface area contributed by atoms with E-state index >= 15 is 0 Å². The lowest BCUT2D eigenvalue weighted by Gasteiger charge is -2.03. The van der Waals surface area contributed by atoms with Gasteiger partial charge in [0.05, 0.1) is 18.7 Å². The van der Waals surface area contributed by atoms with E-state index in [1.165, 1.54) is 0 Å². The van der Waals surface area contributed by atoms with Crippen molar-refractivity contribution in [3.8, 4) is 0 Å². The van der Waals surface area contributed by atoms with Gasteiger partial charge in [-0.25, -0.2) is 4.79 Å². The van der Waals surface area contributed by atoms with E-state index in [-0.39, 0.29) is 12.4 Å². The summed E-state index contributed by atoms with van der Waals surface area (Å²) in [6.45, 7) is 0.405. The van der Waals surface area contributed by atoms with Crippen LogP contribution in [0.25, 0.3) is 11.1 Å². The van der Waals surface area contributed by atoms with Crippen molar-refractivity contribution in [3.05, 3.63) is 70.2 Å². The Morgan fingerprint density at radius 3 is 2.58 bits per heavy atom. The lowest BCUT2D eigenvalue weighted by molar-refractivity contribution is 0.282. The quantitative estimate of drug-likeness (QED) is 0.780. The standard InChI is InChI=1S/C15H13NO3/c17-10-12-6-7-14-13(8-12)16(15(18)19-14)9-11-4-2-1-3-5-11/h1-8,17H,9-10H2. The van der Waals surface area contributed by atoms with Crippen LogP contribution in [0.5, 0.6) is 0 Å². The first-order valence-electron chi connectivity index (χ1n) is 6.05. The fourth-order valence-corrected chi connectivity index (χ4v) is 2.12. The Kier molecular flexibility index (Phi) is 2.93. The molecule has 0 saturated heterocycles. The second kappa shape index (κ2) is 4.74. The molecule has 0 amide bonds. The van der Waals surface area contributed by atoms with Gasteiger partial charge in [0.2, 0.25) is 0 Å². The van der Waals surface area contributed by atoms with E-state index in [9.17, 15) is 4.79 Å². The predicted molar refractivity (Wildman–Crippen MR) is 71.9 cm³/mol. The highest BCUT2D eigenvalue weighted by Crippen LogP contribution is 2.16. The molecule has 4 nitrogen and oxygen atoms in total. The Morgan fingerprint density at radius 2 is 1.84 bits per heavy atom. The van der Waals surface area contributed by atoms with E-state index in [0.717, 1.165) is 11.1 Å². The van der Waals surface area contributed by atoms with E-state index in [4.69, 9.17) is 9.52 Å². The zero-order chi connectivity index (χ0) is 13.2. The third-order valence-corrected chi connectivity index (χ3v) is 3.10. The smallest absolute Gasteiger partial charge is 0.408 e. The summed E-state index contributed by atoms with van der Waals surface area (Å²) in [5, 5.41) is 9.17. The van der Waals surface area contributed by atoms with Gasteiger partial charge < -0.3 is 9.52 Å². The summed E-state index contributed by atoms with van der Waals surface area (Å²) in [6, 6.07) is 15.0. The van der Waals surface area contributed by atoms with Crippen molar-refractivity contribution < 1.29 is 9.52 Å². The molecule has 1 aromatic heterocycles. The Balaban J connectivity index is 2.12. The minimum atomic E-state index is -0.381. The van der Waals surface area contributed by atoms with Crippen molar-refractivity contribution in [2.75, 3.05) is 0 Å². The minimum Gasteiger partial charge on any atom is -0.408 e. The molecule has 0 radical (unpaired) electrons. The SMILES string of the molecule is O=c1oc2ccc(CO)cc2n1Cc1ccccc1. The molecular weight excluding hydrogens is 242 g/mol. The molecule has 1 N–H and O–H groups in total. The van der Waals surface area contributed by atoms with Crippen molar-refractivity contribution >= 4 is 11.1 Å². The molecule has 0 aliphatic rings. The van der Waals surface area contributed by atoms with Crippen LogP contribution in [-0.2, 0) is 13.2 Å². The fraction of sp³-hybridized carbons (Fsp3) is 0.133. The molecule has 0 fully saturated rings. The molecule has 0 bridgehead atoms. The van der Waals surface area contributed by atoms with E-state index in [0.29, 0.717) is 17.6 Å². The Bertz CT molecular complexity index is 756. The van der Waals surface area contributed by atoms with Gasteiger partial charge in [-0.05, 0) is 23.3 Å². The number of hydrogen-bond donors (Lipinski definition) is 1. The summed E-state index contributed by atoms with van der Waals surface area (Å²) < 4.78 is 6.77. The Labute approximate surface area is 109 Å². The van der Waals surface area contributed by atoms with Crippen LogP contribution in [0.4, 0.5) is 0 Å². The van der Waals surface area contributed by atoms with Crippen LogP contribution in [0.2, 0.25) is 0 Å². The van der Waals surface area contributed by atoms with Gasteiger partial charge >= 0.3 is 5.76 Å². The van der Waals surface area contributed by atoms with Crippen LogP contribution >= 0.6 is 0 Å². The summed E-state index contributed by atoms with van der Waals surface area (Å²) in [5.74, 6) is -0.381. The molecular formula is C15H13NO3. The monoisotopic (exact) mass is 255 g/mol.